The number of nitrogens with one attached hydrogen (secondary N) is 2. The first-order valence-electron chi connectivity index (χ1n) is 12.9. The topological polar surface area (TPSA) is 71.4 Å². The second-order valence-corrected chi connectivity index (χ2v) is 10.5. The summed E-state index contributed by atoms with van der Waals surface area (Å²) in [5.41, 5.74) is 9.34. The van der Waals surface area contributed by atoms with E-state index in [2.05, 4.69) is 72.1 Å². The van der Waals surface area contributed by atoms with E-state index in [9.17, 15) is 4.79 Å². The third-order valence-electron chi connectivity index (χ3n) is 7.12. The first-order valence-corrected chi connectivity index (χ1v) is 13.3. The Balaban J connectivity index is 1.69. The number of aromatic nitrogens is 2. The number of rotatable bonds is 6. The van der Waals surface area contributed by atoms with Crippen molar-refractivity contribution in [1.29, 1.82) is 0 Å². The van der Waals surface area contributed by atoms with Gasteiger partial charge in [0.05, 0.1) is 30.6 Å². The summed E-state index contributed by atoms with van der Waals surface area (Å²) in [6, 6.07) is 20.2. The summed E-state index contributed by atoms with van der Waals surface area (Å²) in [5, 5.41) is 7.01. The molecule has 0 spiro atoms. The molecule has 200 valence electrons. The molecule has 0 saturated carbocycles. The maximum Gasteiger partial charge on any atom is 0.221 e. The fourth-order valence-corrected chi connectivity index (χ4v) is 5.99. The Morgan fingerprint density at radius 1 is 1.00 bits per heavy atom. The van der Waals surface area contributed by atoms with Crippen LogP contribution in [0.25, 0.3) is 5.69 Å². The zero-order chi connectivity index (χ0) is 27.8. The number of methoxy groups -OCH3 is 1. The van der Waals surface area contributed by atoms with Crippen molar-refractivity contribution in [2.45, 2.75) is 46.7 Å². The number of amides is 1. The molecule has 2 aromatic carbocycles. The molecule has 1 amide bonds. The van der Waals surface area contributed by atoms with E-state index in [1.807, 2.05) is 36.4 Å². The van der Waals surface area contributed by atoms with Crippen LogP contribution in [-0.2, 0) is 4.79 Å². The van der Waals surface area contributed by atoms with Gasteiger partial charge in [-0.3, -0.25) is 9.78 Å². The maximum absolute atomic E-state index is 11.9. The van der Waals surface area contributed by atoms with Gasteiger partial charge >= 0.3 is 0 Å². The van der Waals surface area contributed by atoms with Gasteiger partial charge in [-0.2, -0.15) is 0 Å². The van der Waals surface area contributed by atoms with Crippen LogP contribution in [0.3, 0.4) is 0 Å². The lowest BCUT2D eigenvalue weighted by atomic mass is 9.96. The van der Waals surface area contributed by atoms with Gasteiger partial charge in [0.15, 0.2) is 5.11 Å². The van der Waals surface area contributed by atoms with Crippen molar-refractivity contribution < 1.29 is 9.53 Å². The highest BCUT2D eigenvalue weighted by atomic mass is 32.1. The number of nitrogens with zero attached hydrogens (tertiary/aromatic N) is 3. The van der Waals surface area contributed by atoms with Crippen LogP contribution in [0.5, 0.6) is 5.75 Å². The van der Waals surface area contributed by atoms with Gasteiger partial charge in [-0.05, 0) is 105 Å². The fourth-order valence-electron chi connectivity index (χ4n) is 5.65. The molecule has 0 unspecified atom stereocenters. The monoisotopic (exact) mass is 539 g/mol. The van der Waals surface area contributed by atoms with Gasteiger partial charge in [0.2, 0.25) is 5.91 Å². The van der Waals surface area contributed by atoms with Crippen molar-refractivity contribution in [2.24, 2.45) is 0 Å². The lowest BCUT2D eigenvalue weighted by molar-refractivity contribution is -0.114. The summed E-state index contributed by atoms with van der Waals surface area (Å²) in [6.45, 7) is 10.0. The standard InChI is InChI=1S/C31H33N5O2S/c1-18-13-19(2)15-24(14-18)35-20(3)16-25(21(35)4)30-29(26-9-7-8-12-32-26)34-31(39)36(30)23-10-11-28(38-6)27(17-23)33-22(5)37/h7-17,29-30H,1-6H3,(H,33,37)(H,34,39)/t29-,30-/m0/s1. The van der Waals surface area contributed by atoms with E-state index in [0.29, 0.717) is 16.5 Å². The number of anilines is 2. The molecule has 1 aliphatic rings. The Kier molecular flexibility index (Phi) is 7.14. The van der Waals surface area contributed by atoms with Crippen LogP contribution in [0, 0.1) is 27.7 Å². The van der Waals surface area contributed by atoms with Crippen molar-refractivity contribution in [3.05, 3.63) is 101 Å². The van der Waals surface area contributed by atoms with E-state index >= 15 is 0 Å². The predicted octanol–water partition coefficient (Wildman–Crippen LogP) is 6.25. The lowest BCUT2D eigenvalue weighted by Crippen LogP contribution is -2.29. The number of carbonyl (C=O) groups is 1. The number of benzene rings is 2. The van der Waals surface area contributed by atoms with Crippen LogP contribution in [0.1, 0.15) is 52.8 Å². The first-order chi connectivity index (χ1) is 18.7. The average Bonchev–Trinajstić information content (AvgIpc) is 3.38. The minimum Gasteiger partial charge on any atom is -0.495 e. The summed E-state index contributed by atoms with van der Waals surface area (Å²) in [5.74, 6) is 0.408. The summed E-state index contributed by atoms with van der Waals surface area (Å²) >= 11 is 5.94. The molecule has 3 heterocycles. The minimum atomic E-state index is -0.183. The van der Waals surface area contributed by atoms with Crippen molar-refractivity contribution in [3.63, 3.8) is 0 Å². The molecule has 2 N–H and O–H groups in total. The van der Waals surface area contributed by atoms with Crippen LogP contribution in [0.2, 0.25) is 0 Å². The number of ether oxygens (including phenoxy) is 1. The molecular weight excluding hydrogens is 506 g/mol. The molecule has 8 heteroatoms. The number of thiocarbonyl (C=S) groups is 1. The van der Waals surface area contributed by atoms with Crippen LogP contribution >= 0.6 is 12.2 Å². The summed E-state index contributed by atoms with van der Waals surface area (Å²) in [6.07, 6.45) is 1.81. The highest BCUT2D eigenvalue weighted by Crippen LogP contribution is 2.45. The molecule has 2 aromatic heterocycles. The summed E-state index contributed by atoms with van der Waals surface area (Å²) < 4.78 is 7.81. The van der Waals surface area contributed by atoms with Gasteiger partial charge in [-0.15, -0.1) is 0 Å². The molecule has 0 radical (unpaired) electrons. The van der Waals surface area contributed by atoms with E-state index in [-0.39, 0.29) is 18.0 Å². The Morgan fingerprint density at radius 3 is 2.38 bits per heavy atom. The molecule has 2 atom stereocenters. The molecule has 0 aliphatic carbocycles. The van der Waals surface area contributed by atoms with E-state index in [1.165, 1.54) is 18.1 Å². The molecule has 7 nitrogen and oxygen atoms in total. The van der Waals surface area contributed by atoms with Crippen LogP contribution in [-0.4, -0.2) is 27.7 Å². The fraction of sp³-hybridized carbons (Fsp3) is 0.258. The lowest BCUT2D eigenvalue weighted by Gasteiger charge is -2.29. The van der Waals surface area contributed by atoms with Crippen molar-refractivity contribution in [2.75, 3.05) is 17.3 Å². The summed E-state index contributed by atoms with van der Waals surface area (Å²) in [7, 11) is 1.59. The molecule has 5 rings (SSSR count). The predicted molar refractivity (Wildman–Crippen MR) is 160 cm³/mol. The van der Waals surface area contributed by atoms with E-state index in [1.54, 1.807) is 13.3 Å². The maximum atomic E-state index is 11.9. The van der Waals surface area contributed by atoms with Crippen molar-refractivity contribution in [1.82, 2.24) is 14.9 Å². The van der Waals surface area contributed by atoms with E-state index in [0.717, 1.165) is 34.0 Å². The van der Waals surface area contributed by atoms with Gasteiger partial charge < -0.3 is 24.8 Å². The normalized spacial score (nSPS) is 16.8. The van der Waals surface area contributed by atoms with Gasteiger partial charge in [-0.25, -0.2) is 0 Å². The number of hydrogen-bond acceptors (Lipinski definition) is 4. The summed E-state index contributed by atoms with van der Waals surface area (Å²) in [4.78, 5) is 18.7. The van der Waals surface area contributed by atoms with Gasteiger partial charge in [0.1, 0.15) is 5.75 Å². The zero-order valence-electron chi connectivity index (χ0n) is 23.1. The Labute approximate surface area is 234 Å². The highest BCUT2D eigenvalue weighted by molar-refractivity contribution is 7.80. The third kappa shape index (κ3) is 5.00. The Morgan fingerprint density at radius 2 is 1.74 bits per heavy atom. The number of carbonyl (C=O) groups excluding carboxylic acids is 1. The quantitative estimate of drug-likeness (QED) is 0.282. The smallest absolute Gasteiger partial charge is 0.221 e. The van der Waals surface area contributed by atoms with Gasteiger partial charge in [0, 0.05) is 35.9 Å². The SMILES string of the molecule is COc1ccc(N2C(=S)N[C@@H](c3ccccn3)[C@@H]2c2cc(C)n(-c3cc(C)cc(C)c3)c2C)cc1NC(C)=O. The number of pyridine rings is 1. The molecule has 0 bridgehead atoms. The largest absolute Gasteiger partial charge is 0.495 e. The van der Waals surface area contributed by atoms with Crippen LogP contribution in [0.15, 0.2) is 66.9 Å². The van der Waals surface area contributed by atoms with Crippen LogP contribution in [0.4, 0.5) is 11.4 Å². The first kappa shape index (κ1) is 26.4. The number of hydrogen-bond donors (Lipinski definition) is 2. The number of aryl methyl sites for hydroxylation is 3. The molecule has 39 heavy (non-hydrogen) atoms. The van der Waals surface area contributed by atoms with Gasteiger partial charge in [0.25, 0.3) is 0 Å². The second-order valence-electron chi connectivity index (χ2n) is 10.1. The minimum absolute atomic E-state index is 0.174. The molecular formula is C31H33N5O2S. The second kappa shape index (κ2) is 10.5. The third-order valence-corrected chi connectivity index (χ3v) is 7.44. The molecule has 1 fully saturated rings. The van der Waals surface area contributed by atoms with Crippen molar-refractivity contribution >= 4 is 34.6 Å². The molecule has 1 saturated heterocycles. The molecule has 4 aromatic rings. The van der Waals surface area contributed by atoms with Crippen molar-refractivity contribution in [3.8, 4) is 11.4 Å². The van der Waals surface area contributed by atoms with Crippen LogP contribution < -0.4 is 20.3 Å². The van der Waals surface area contributed by atoms with Gasteiger partial charge in [-0.1, -0.05) is 12.1 Å². The average molecular weight is 540 g/mol. The zero-order valence-corrected chi connectivity index (χ0v) is 23.9. The highest BCUT2D eigenvalue weighted by Gasteiger charge is 2.42. The Hall–Kier alpha value is -4.17. The van der Waals surface area contributed by atoms with E-state index < -0.39 is 0 Å². The van der Waals surface area contributed by atoms with E-state index in [4.69, 9.17) is 21.9 Å². The molecule has 1 aliphatic heterocycles. The Bertz CT molecular complexity index is 1540.